The predicted molar refractivity (Wildman–Crippen MR) is 58.1 cm³/mol. The molecule has 2 aromatic rings. The maximum atomic E-state index is 13.0. The summed E-state index contributed by atoms with van der Waals surface area (Å²) in [5, 5.41) is 11.6. The van der Waals surface area contributed by atoms with Crippen LogP contribution in [0.15, 0.2) is 39.9 Å². The van der Waals surface area contributed by atoms with E-state index in [2.05, 4.69) is 5.16 Å². The summed E-state index contributed by atoms with van der Waals surface area (Å²) in [4.78, 5) is 0. The maximum absolute atomic E-state index is 13.0. The first-order valence-corrected chi connectivity index (χ1v) is 4.86. The fourth-order valence-corrected chi connectivity index (χ4v) is 1.39. The summed E-state index contributed by atoms with van der Waals surface area (Å²) in [6.07, 6.45) is 0. The number of rotatable bonds is 2. The largest absolute Gasteiger partial charge is 0.455 e. The lowest BCUT2D eigenvalue weighted by Gasteiger charge is -1.98. The summed E-state index contributed by atoms with van der Waals surface area (Å²) < 4.78 is 31.1. The van der Waals surface area contributed by atoms with E-state index in [0.29, 0.717) is 22.8 Å². The van der Waals surface area contributed by atoms with Crippen molar-refractivity contribution < 1.29 is 18.4 Å². The molecule has 2 rings (SSSR count). The topological polar surface area (TPSA) is 45.7 Å². The van der Waals surface area contributed by atoms with Crippen molar-refractivity contribution in [3.05, 3.63) is 47.7 Å². The number of furan rings is 1. The summed E-state index contributed by atoms with van der Waals surface area (Å²) in [6.45, 7) is 1.56. The standard InChI is InChI=1S/C12H9F2NO2/c1-7(15-16)11-4-5-12(17-11)8-2-3-9(13)10(14)6-8/h2-6,16H,1H3/b15-7+. The third kappa shape index (κ3) is 2.18. The summed E-state index contributed by atoms with van der Waals surface area (Å²) in [7, 11) is 0. The van der Waals surface area contributed by atoms with Crippen molar-refractivity contribution >= 4 is 5.71 Å². The number of nitrogens with zero attached hydrogens (tertiary/aromatic N) is 1. The van der Waals surface area contributed by atoms with E-state index in [1.54, 1.807) is 19.1 Å². The lowest BCUT2D eigenvalue weighted by Crippen LogP contribution is -1.90. The van der Waals surface area contributed by atoms with Gasteiger partial charge in [0, 0.05) is 5.56 Å². The van der Waals surface area contributed by atoms with Gasteiger partial charge < -0.3 is 9.62 Å². The number of halogens is 2. The number of benzene rings is 1. The van der Waals surface area contributed by atoms with Gasteiger partial charge in [-0.1, -0.05) is 5.16 Å². The van der Waals surface area contributed by atoms with Crippen LogP contribution in [0.1, 0.15) is 12.7 Å². The number of hydrogen-bond acceptors (Lipinski definition) is 3. The van der Waals surface area contributed by atoms with Gasteiger partial charge in [0.15, 0.2) is 17.4 Å². The molecule has 0 aliphatic heterocycles. The number of oxime groups is 1. The van der Waals surface area contributed by atoms with Gasteiger partial charge in [0.25, 0.3) is 0 Å². The van der Waals surface area contributed by atoms with Crippen molar-refractivity contribution in [2.24, 2.45) is 5.16 Å². The van der Waals surface area contributed by atoms with Crippen molar-refractivity contribution in [1.82, 2.24) is 0 Å². The van der Waals surface area contributed by atoms with Crippen LogP contribution >= 0.6 is 0 Å². The minimum absolute atomic E-state index is 0.304. The molecule has 0 bridgehead atoms. The molecule has 0 fully saturated rings. The molecule has 1 N–H and O–H groups in total. The second-order valence-corrected chi connectivity index (χ2v) is 3.48. The molecule has 0 atom stereocenters. The Balaban J connectivity index is 2.40. The first-order valence-electron chi connectivity index (χ1n) is 4.86. The maximum Gasteiger partial charge on any atom is 0.159 e. The fraction of sp³-hybridized carbons (Fsp3) is 0.0833. The van der Waals surface area contributed by atoms with Crippen LogP contribution < -0.4 is 0 Å². The van der Waals surface area contributed by atoms with Crippen molar-refractivity contribution in [1.29, 1.82) is 0 Å². The normalized spacial score (nSPS) is 11.8. The predicted octanol–water partition coefficient (Wildman–Crippen LogP) is 3.42. The SMILES string of the molecule is C/C(=N\O)c1ccc(-c2ccc(F)c(F)c2)o1. The lowest BCUT2D eigenvalue weighted by atomic mass is 10.1. The Hall–Kier alpha value is -2.17. The van der Waals surface area contributed by atoms with Crippen molar-refractivity contribution in [3.8, 4) is 11.3 Å². The van der Waals surface area contributed by atoms with Crippen LogP contribution in [-0.2, 0) is 0 Å². The number of hydrogen-bond donors (Lipinski definition) is 1. The zero-order chi connectivity index (χ0) is 12.4. The second kappa shape index (κ2) is 4.37. The molecule has 0 aliphatic carbocycles. The molecule has 17 heavy (non-hydrogen) atoms. The Morgan fingerprint density at radius 2 is 1.94 bits per heavy atom. The van der Waals surface area contributed by atoms with Crippen LogP contribution in [0.2, 0.25) is 0 Å². The molecule has 0 amide bonds. The van der Waals surface area contributed by atoms with Crippen LogP contribution in [0.25, 0.3) is 11.3 Å². The van der Waals surface area contributed by atoms with Gasteiger partial charge in [-0.05, 0) is 37.3 Å². The Kier molecular flexibility index (Phi) is 2.91. The third-order valence-electron chi connectivity index (χ3n) is 2.32. The monoisotopic (exact) mass is 237 g/mol. The van der Waals surface area contributed by atoms with Gasteiger partial charge in [0.05, 0.1) is 0 Å². The molecule has 0 aliphatic rings. The minimum atomic E-state index is -0.937. The van der Waals surface area contributed by atoms with Gasteiger partial charge in [-0.2, -0.15) is 0 Å². The van der Waals surface area contributed by atoms with Crippen LogP contribution in [0.4, 0.5) is 8.78 Å². The quantitative estimate of drug-likeness (QED) is 0.494. The van der Waals surface area contributed by atoms with E-state index in [0.717, 1.165) is 12.1 Å². The van der Waals surface area contributed by atoms with Crippen molar-refractivity contribution in [2.45, 2.75) is 6.92 Å². The molecule has 0 saturated carbocycles. The van der Waals surface area contributed by atoms with E-state index >= 15 is 0 Å². The van der Waals surface area contributed by atoms with Crippen LogP contribution in [-0.4, -0.2) is 10.9 Å². The zero-order valence-corrected chi connectivity index (χ0v) is 8.95. The second-order valence-electron chi connectivity index (χ2n) is 3.48. The van der Waals surface area contributed by atoms with Crippen LogP contribution in [0.3, 0.4) is 0 Å². The Bertz CT molecular complexity index is 576. The van der Waals surface area contributed by atoms with Crippen LogP contribution in [0, 0.1) is 11.6 Å². The summed E-state index contributed by atoms with van der Waals surface area (Å²) in [5.41, 5.74) is 0.722. The van der Waals surface area contributed by atoms with E-state index in [4.69, 9.17) is 9.62 Å². The van der Waals surface area contributed by atoms with Gasteiger partial charge in [0.2, 0.25) is 0 Å². The highest BCUT2D eigenvalue weighted by atomic mass is 19.2. The highest BCUT2D eigenvalue weighted by Crippen LogP contribution is 2.24. The molecule has 0 spiro atoms. The van der Waals surface area contributed by atoms with Crippen molar-refractivity contribution in [3.63, 3.8) is 0 Å². The average molecular weight is 237 g/mol. The molecule has 1 aromatic carbocycles. The average Bonchev–Trinajstić information content (AvgIpc) is 2.81. The Morgan fingerprint density at radius 1 is 1.18 bits per heavy atom. The third-order valence-corrected chi connectivity index (χ3v) is 2.32. The van der Waals surface area contributed by atoms with Gasteiger partial charge in [-0.3, -0.25) is 0 Å². The van der Waals surface area contributed by atoms with Gasteiger partial charge >= 0.3 is 0 Å². The smallest absolute Gasteiger partial charge is 0.159 e. The highest BCUT2D eigenvalue weighted by Gasteiger charge is 2.09. The van der Waals surface area contributed by atoms with Gasteiger partial charge in [0.1, 0.15) is 11.5 Å². The van der Waals surface area contributed by atoms with E-state index < -0.39 is 11.6 Å². The Morgan fingerprint density at radius 3 is 2.59 bits per heavy atom. The van der Waals surface area contributed by atoms with E-state index in [1.807, 2.05) is 0 Å². The van der Waals surface area contributed by atoms with Gasteiger partial charge in [-0.15, -0.1) is 0 Å². The highest BCUT2D eigenvalue weighted by molar-refractivity contribution is 5.96. The minimum Gasteiger partial charge on any atom is -0.455 e. The zero-order valence-electron chi connectivity index (χ0n) is 8.95. The lowest BCUT2D eigenvalue weighted by molar-refractivity contribution is 0.317. The molecule has 1 heterocycles. The molecule has 1 aromatic heterocycles. The van der Waals surface area contributed by atoms with Gasteiger partial charge in [-0.25, -0.2) is 8.78 Å². The van der Waals surface area contributed by atoms with E-state index in [1.165, 1.54) is 6.07 Å². The first-order chi connectivity index (χ1) is 8.11. The van der Waals surface area contributed by atoms with Crippen LogP contribution in [0.5, 0.6) is 0 Å². The van der Waals surface area contributed by atoms with Crippen molar-refractivity contribution in [2.75, 3.05) is 0 Å². The fourth-order valence-electron chi connectivity index (χ4n) is 1.39. The Labute approximate surface area is 96.0 Å². The molecular formula is C12H9F2NO2. The molecule has 5 heteroatoms. The molecule has 0 unspecified atom stereocenters. The summed E-state index contributed by atoms with van der Waals surface area (Å²) in [5.74, 6) is -1.10. The van der Waals surface area contributed by atoms with E-state index in [-0.39, 0.29) is 0 Å². The molecule has 3 nitrogen and oxygen atoms in total. The molecular weight excluding hydrogens is 228 g/mol. The first kappa shape index (κ1) is 11.3. The summed E-state index contributed by atoms with van der Waals surface area (Å²) in [6, 6.07) is 6.66. The molecule has 88 valence electrons. The molecule has 0 saturated heterocycles. The summed E-state index contributed by atoms with van der Waals surface area (Å²) >= 11 is 0. The molecule has 0 radical (unpaired) electrons. The van der Waals surface area contributed by atoms with E-state index in [9.17, 15) is 8.78 Å².